The Morgan fingerprint density at radius 3 is 0.952 bits per heavy atom. The van der Waals surface area contributed by atoms with Crippen LogP contribution in [0.1, 0.15) is 83.1 Å². The van der Waals surface area contributed by atoms with Gasteiger partial charge in [-0.3, -0.25) is 0 Å². The molecule has 0 bridgehead atoms. The molecule has 0 unspecified atom stereocenters. The van der Waals surface area contributed by atoms with Crippen molar-refractivity contribution < 1.29 is 10.2 Å². The maximum absolute atomic E-state index is 12.7. The highest BCUT2D eigenvalue weighted by Gasteiger charge is 2.48. The second-order valence-corrected chi connectivity index (χ2v) is 26.3. The minimum absolute atomic E-state index is 0.375. The fourth-order valence-electron chi connectivity index (χ4n) is 9.71. The van der Waals surface area contributed by atoms with Crippen LogP contribution in [0.2, 0.25) is 33.2 Å². The first-order chi connectivity index (χ1) is 19.7. The van der Waals surface area contributed by atoms with Gasteiger partial charge in [-0.2, -0.15) is 0 Å². The fourth-order valence-corrected chi connectivity index (χ4v) is 23.3. The minimum atomic E-state index is -2.24. The number of hydrogen-bond acceptors (Lipinski definition) is 2. The van der Waals surface area contributed by atoms with E-state index in [1.54, 1.807) is 0 Å². The van der Waals surface area contributed by atoms with E-state index in [0.717, 1.165) is 43.0 Å². The molecule has 4 aromatic carbocycles. The van der Waals surface area contributed by atoms with E-state index in [0.29, 0.717) is 44.7 Å². The van der Waals surface area contributed by atoms with Crippen LogP contribution in [0.25, 0.3) is 32.7 Å². The average molecular weight is 599 g/mol. The van der Waals surface area contributed by atoms with Crippen molar-refractivity contribution in [3.63, 3.8) is 0 Å². The number of phenols is 2. The molecule has 0 radical (unpaired) electrons. The van der Waals surface area contributed by atoms with Crippen molar-refractivity contribution in [2.75, 3.05) is 0 Å². The molecule has 4 rings (SSSR count). The molecule has 0 saturated carbocycles. The highest BCUT2D eigenvalue weighted by Crippen LogP contribution is 2.51. The number of aromatic hydroxyl groups is 2. The van der Waals surface area contributed by atoms with Crippen LogP contribution in [-0.2, 0) is 0 Å². The topological polar surface area (TPSA) is 40.5 Å². The van der Waals surface area contributed by atoms with Gasteiger partial charge in [-0.15, -0.1) is 0 Å². The van der Waals surface area contributed by atoms with Crippen molar-refractivity contribution in [2.45, 2.75) is 116 Å². The average Bonchev–Trinajstić information content (AvgIpc) is 2.89. The molecule has 0 saturated heterocycles. The lowest BCUT2D eigenvalue weighted by molar-refractivity contribution is 0.473. The fraction of sp³-hybridized carbons (Fsp3) is 0.474. The third-order valence-corrected chi connectivity index (χ3v) is 25.1. The second-order valence-electron chi connectivity index (χ2n) is 14.5. The molecule has 0 fully saturated rings. The molecule has 42 heavy (non-hydrogen) atoms. The lowest BCUT2D eigenvalue weighted by Gasteiger charge is -2.45. The van der Waals surface area contributed by atoms with Crippen LogP contribution in [0.4, 0.5) is 0 Å². The van der Waals surface area contributed by atoms with Crippen LogP contribution in [-0.4, -0.2) is 26.4 Å². The first kappa shape index (κ1) is 32.3. The summed E-state index contributed by atoms with van der Waals surface area (Å²) in [6.45, 7) is 28.2. The summed E-state index contributed by atoms with van der Waals surface area (Å²) in [5, 5.41) is 31.9. The standard InChI is InChI=1S/C38H54O2Si2/c1-23(2)41(24(3)4,25(5)6)33-21-29-17-13-15-19-31(29)35(37(33)39)36-32-20-16-14-18-30(32)22-34(38(36)40)42(26(7)8,27(9)10)28(11)12/h13-28,39-40H,1-12H3. The van der Waals surface area contributed by atoms with Crippen molar-refractivity contribution in [3.8, 4) is 22.6 Å². The van der Waals surface area contributed by atoms with Crippen LogP contribution in [0.3, 0.4) is 0 Å². The molecular weight excluding hydrogens is 545 g/mol. The van der Waals surface area contributed by atoms with E-state index in [-0.39, 0.29) is 0 Å². The molecule has 4 aromatic rings. The van der Waals surface area contributed by atoms with Crippen LogP contribution in [0.15, 0.2) is 60.7 Å². The SMILES string of the molecule is CC(C)[Si](c1cc2ccccc2c(-c2c(O)c([Si](C(C)C)(C(C)C)C(C)C)cc3ccccc23)c1O)(C(C)C)C(C)C. The molecule has 0 spiro atoms. The summed E-state index contributed by atoms with van der Waals surface area (Å²) in [5.74, 6) is 0.750. The number of phenolic OH excluding ortho intramolecular Hbond substituents is 2. The van der Waals surface area contributed by atoms with Gasteiger partial charge in [0.15, 0.2) is 0 Å². The molecule has 4 heteroatoms. The Morgan fingerprint density at radius 2 is 0.690 bits per heavy atom. The van der Waals surface area contributed by atoms with Gasteiger partial charge in [0.1, 0.15) is 11.5 Å². The third kappa shape index (κ3) is 4.64. The van der Waals surface area contributed by atoms with E-state index in [1.165, 1.54) is 0 Å². The quantitative estimate of drug-likeness (QED) is 0.188. The first-order valence-electron chi connectivity index (χ1n) is 16.2. The van der Waals surface area contributed by atoms with Gasteiger partial charge >= 0.3 is 0 Å². The van der Waals surface area contributed by atoms with E-state index in [4.69, 9.17) is 0 Å². The number of rotatable bonds is 9. The molecule has 0 aromatic heterocycles. The summed E-state index contributed by atoms with van der Waals surface area (Å²) >= 11 is 0. The number of fused-ring (bicyclic) bond motifs is 2. The van der Waals surface area contributed by atoms with Crippen LogP contribution in [0.5, 0.6) is 11.5 Å². The second kappa shape index (κ2) is 11.8. The minimum Gasteiger partial charge on any atom is -0.507 e. The zero-order valence-electron chi connectivity index (χ0n) is 28.1. The number of hydrogen-bond donors (Lipinski definition) is 2. The van der Waals surface area contributed by atoms with Crippen molar-refractivity contribution in [1.82, 2.24) is 0 Å². The van der Waals surface area contributed by atoms with Gasteiger partial charge in [-0.05, 0) is 65.2 Å². The maximum Gasteiger partial charge on any atom is 0.123 e. The first-order valence-corrected chi connectivity index (χ1v) is 20.6. The van der Waals surface area contributed by atoms with E-state index < -0.39 is 16.1 Å². The molecule has 2 N–H and O–H groups in total. The molecule has 0 aliphatic carbocycles. The Bertz CT molecular complexity index is 1420. The Hall–Kier alpha value is -2.57. The van der Waals surface area contributed by atoms with Gasteiger partial charge in [0.05, 0.1) is 16.1 Å². The van der Waals surface area contributed by atoms with Gasteiger partial charge in [-0.1, -0.05) is 144 Å². The summed E-state index contributed by atoms with van der Waals surface area (Å²) in [4.78, 5) is 0. The summed E-state index contributed by atoms with van der Waals surface area (Å²) < 4.78 is 0. The molecule has 2 nitrogen and oxygen atoms in total. The van der Waals surface area contributed by atoms with E-state index in [9.17, 15) is 10.2 Å². The van der Waals surface area contributed by atoms with Gasteiger partial charge in [0.25, 0.3) is 0 Å². The summed E-state index contributed by atoms with van der Waals surface area (Å²) in [5.41, 5.74) is 4.25. The van der Waals surface area contributed by atoms with E-state index in [2.05, 4.69) is 144 Å². The number of benzene rings is 4. The molecule has 0 heterocycles. The Labute approximate surface area is 257 Å². The Balaban J connectivity index is 2.32. The summed E-state index contributed by atoms with van der Waals surface area (Å²) in [6.07, 6.45) is 0. The zero-order chi connectivity index (χ0) is 31.3. The molecule has 226 valence electrons. The smallest absolute Gasteiger partial charge is 0.123 e. The van der Waals surface area contributed by atoms with E-state index in [1.807, 2.05) is 0 Å². The third-order valence-electron chi connectivity index (χ3n) is 11.0. The van der Waals surface area contributed by atoms with Crippen LogP contribution >= 0.6 is 0 Å². The predicted octanol–water partition coefficient (Wildman–Crippen LogP) is 10.8. The van der Waals surface area contributed by atoms with Gasteiger partial charge in [-0.25, -0.2) is 0 Å². The Morgan fingerprint density at radius 1 is 0.429 bits per heavy atom. The summed E-state index contributed by atoms with van der Waals surface area (Å²) in [6, 6.07) is 21.5. The Kier molecular flexibility index (Phi) is 9.12. The van der Waals surface area contributed by atoms with Crippen molar-refractivity contribution in [1.29, 1.82) is 0 Å². The molecule has 0 atom stereocenters. The van der Waals surface area contributed by atoms with Gasteiger partial charge in [0, 0.05) is 11.1 Å². The largest absolute Gasteiger partial charge is 0.507 e. The lowest BCUT2D eigenvalue weighted by atomic mass is 9.92. The molecule has 0 aliphatic rings. The molecule has 0 amide bonds. The van der Waals surface area contributed by atoms with Crippen molar-refractivity contribution in [3.05, 3.63) is 60.7 Å². The lowest BCUT2D eigenvalue weighted by Crippen LogP contribution is -2.56. The highest BCUT2D eigenvalue weighted by atomic mass is 28.3. The highest BCUT2D eigenvalue weighted by molar-refractivity contribution is 6.96. The monoisotopic (exact) mass is 598 g/mol. The van der Waals surface area contributed by atoms with Crippen molar-refractivity contribution in [2.24, 2.45) is 0 Å². The van der Waals surface area contributed by atoms with Crippen LogP contribution < -0.4 is 10.4 Å². The maximum atomic E-state index is 12.7. The predicted molar refractivity (Wildman–Crippen MR) is 192 cm³/mol. The normalized spacial score (nSPS) is 13.3. The van der Waals surface area contributed by atoms with Gasteiger partial charge in [0.2, 0.25) is 0 Å². The zero-order valence-corrected chi connectivity index (χ0v) is 30.1. The van der Waals surface area contributed by atoms with Crippen molar-refractivity contribution >= 4 is 48.1 Å². The van der Waals surface area contributed by atoms with E-state index >= 15 is 0 Å². The summed E-state index contributed by atoms with van der Waals surface area (Å²) in [7, 11) is -4.48. The molecule has 0 aliphatic heterocycles. The molecular formula is C38H54O2Si2. The van der Waals surface area contributed by atoms with Crippen LogP contribution in [0, 0.1) is 0 Å². The van der Waals surface area contributed by atoms with Gasteiger partial charge < -0.3 is 10.2 Å².